The quantitative estimate of drug-likeness (QED) is 0.872. The van der Waals surface area contributed by atoms with Gasteiger partial charge in [-0.15, -0.1) is 0 Å². The number of aromatic nitrogens is 1. The van der Waals surface area contributed by atoms with Crippen LogP contribution in [0.25, 0.3) is 0 Å². The Labute approximate surface area is 112 Å². The number of carbonyl (C=O) groups excluding carboxylic acids is 1. The van der Waals surface area contributed by atoms with E-state index in [0.717, 1.165) is 19.3 Å². The molecule has 0 bridgehead atoms. The van der Waals surface area contributed by atoms with Gasteiger partial charge in [-0.1, -0.05) is 13.8 Å². The second-order valence-corrected chi connectivity index (χ2v) is 6.00. The zero-order valence-electron chi connectivity index (χ0n) is 11.3. The Balaban J connectivity index is 1.91. The average Bonchev–Trinajstić information content (AvgIpc) is 2.85. The molecule has 1 unspecified atom stereocenters. The van der Waals surface area contributed by atoms with E-state index in [4.69, 9.17) is 5.11 Å². The van der Waals surface area contributed by atoms with Crippen molar-refractivity contribution in [2.24, 2.45) is 5.41 Å². The summed E-state index contributed by atoms with van der Waals surface area (Å²) >= 11 is 0. The summed E-state index contributed by atoms with van der Waals surface area (Å²) in [5.41, 5.74) is 0.430. The van der Waals surface area contributed by atoms with Crippen molar-refractivity contribution in [2.75, 3.05) is 0 Å². The van der Waals surface area contributed by atoms with E-state index < -0.39 is 5.97 Å². The molecule has 0 aromatic carbocycles. The van der Waals surface area contributed by atoms with E-state index in [0.29, 0.717) is 0 Å². The Kier molecular flexibility index (Phi) is 3.64. The number of aromatic carboxylic acids is 1. The lowest BCUT2D eigenvalue weighted by Crippen LogP contribution is -2.36. The Bertz CT molecular complexity index is 491. The summed E-state index contributed by atoms with van der Waals surface area (Å²) in [6.07, 6.45) is 4.70. The molecule has 1 saturated carbocycles. The Morgan fingerprint density at radius 2 is 2.26 bits per heavy atom. The summed E-state index contributed by atoms with van der Waals surface area (Å²) in [4.78, 5) is 22.9. The highest BCUT2D eigenvalue weighted by molar-refractivity contribution is 5.86. The van der Waals surface area contributed by atoms with Crippen molar-refractivity contribution in [1.29, 1.82) is 0 Å². The molecule has 1 heterocycles. The Morgan fingerprint density at radius 3 is 2.84 bits per heavy atom. The van der Waals surface area contributed by atoms with Gasteiger partial charge in [-0.3, -0.25) is 4.79 Å². The molecule has 1 aliphatic rings. The van der Waals surface area contributed by atoms with E-state index in [9.17, 15) is 9.59 Å². The van der Waals surface area contributed by atoms with Gasteiger partial charge in [0.2, 0.25) is 5.91 Å². The second-order valence-electron chi connectivity index (χ2n) is 6.00. The van der Waals surface area contributed by atoms with Gasteiger partial charge >= 0.3 is 5.97 Å². The van der Waals surface area contributed by atoms with E-state index in [1.807, 2.05) is 0 Å². The van der Waals surface area contributed by atoms with Gasteiger partial charge in [0.15, 0.2) is 0 Å². The fourth-order valence-electron chi connectivity index (χ4n) is 2.73. The summed E-state index contributed by atoms with van der Waals surface area (Å²) in [5.74, 6) is -1.14. The van der Waals surface area contributed by atoms with Crippen molar-refractivity contribution in [3.63, 3.8) is 0 Å². The van der Waals surface area contributed by atoms with Crippen LogP contribution < -0.4 is 5.32 Å². The van der Waals surface area contributed by atoms with Crippen molar-refractivity contribution < 1.29 is 14.7 Å². The molecule has 1 aromatic rings. The molecule has 0 saturated heterocycles. The average molecular weight is 264 g/mol. The smallest absolute Gasteiger partial charge is 0.352 e. The van der Waals surface area contributed by atoms with Gasteiger partial charge in [-0.05, 0) is 36.8 Å². The number of hydrogen-bond donors (Lipinski definition) is 2. The first-order valence-corrected chi connectivity index (χ1v) is 6.55. The fourth-order valence-corrected chi connectivity index (χ4v) is 2.73. The van der Waals surface area contributed by atoms with Crippen LogP contribution in [0.15, 0.2) is 18.3 Å². The monoisotopic (exact) mass is 264 g/mol. The minimum atomic E-state index is -1.01. The Morgan fingerprint density at radius 1 is 1.53 bits per heavy atom. The van der Waals surface area contributed by atoms with E-state index in [1.54, 1.807) is 12.3 Å². The van der Waals surface area contributed by atoms with Gasteiger partial charge in [-0.25, -0.2) is 4.79 Å². The standard InChI is InChI=1S/C14H20N2O3/c1-14(2)6-5-10(8-14)15-12(17)9-16-7-3-4-11(16)13(18)19/h3-4,7,10H,5-6,8-9H2,1-2H3,(H,15,17)(H,18,19). The van der Waals surface area contributed by atoms with Crippen LogP contribution in [0.2, 0.25) is 0 Å². The van der Waals surface area contributed by atoms with Gasteiger partial charge in [0.05, 0.1) is 0 Å². The van der Waals surface area contributed by atoms with Gasteiger partial charge in [0.1, 0.15) is 12.2 Å². The molecule has 0 aliphatic heterocycles. The first-order valence-electron chi connectivity index (χ1n) is 6.55. The van der Waals surface area contributed by atoms with Crippen LogP contribution in [0.5, 0.6) is 0 Å². The highest BCUT2D eigenvalue weighted by Gasteiger charge is 2.31. The summed E-state index contributed by atoms with van der Waals surface area (Å²) < 4.78 is 1.46. The molecule has 1 aromatic heterocycles. The molecule has 5 heteroatoms. The molecule has 2 rings (SSSR count). The van der Waals surface area contributed by atoms with E-state index in [1.165, 1.54) is 10.6 Å². The maximum absolute atomic E-state index is 11.9. The highest BCUT2D eigenvalue weighted by Crippen LogP contribution is 2.36. The molecule has 2 N–H and O–H groups in total. The molecule has 1 fully saturated rings. The normalized spacial score (nSPS) is 21.3. The lowest BCUT2D eigenvalue weighted by molar-refractivity contribution is -0.122. The van der Waals surface area contributed by atoms with Crippen molar-refractivity contribution in [3.8, 4) is 0 Å². The number of hydrogen-bond acceptors (Lipinski definition) is 2. The van der Waals surface area contributed by atoms with E-state index in [-0.39, 0.29) is 29.6 Å². The van der Waals surface area contributed by atoms with Gasteiger partial charge in [0, 0.05) is 12.2 Å². The van der Waals surface area contributed by atoms with E-state index in [2.05, 4.69) is 19.2 Å². The zero-order chi connectivity index (χ0) is 14.0. The van der Waals surface area contributed by atoms with Crippen molar-refractivity contribution >= 4 is 11.9 Å². The number of nitrogens with zero attached hydrogens (tertiary/aromatic N) is 1. The third kappa shape index (κ3) is 3.36. The molecule has 0 spiro atoms. The van der Waals surface area contributed by atoms with Crippen molar-refractivity contribution in [2.45, 2.75) is 45.7 Å². The topological polar surface area (TPSA) is 71.3 Å². The lowest BCUT2D eigenvalue weighted by Gasteiger charge is -2.18. The van der Waals surface area contributed by atoms with Crippen LogP contribution in [0.3, 0.4) is 0 Å². The zero-order valence-corrected chi connectivity index (χ0v) is 11.3. The largest absolute Gasteiger partial charge is 0.477 e. The van der Waals surface area contributed by atoms with Crippen molar-refractivity contribution in [3.05, 3.63) is 24.0 Å². The first kappa shape index (κ1) is 13.6. The summed E-state index contributed by atoms with van der Waals surface area (Å²) in [6.45, 7) is 4.47. The van der Waals surface area contributed by atoms with Gasteiger partial charge < -0.3 is 15.0 Å². The third-order valence-corrected chi connectivity index (χ3v) is 3.70. The second kappa shape index (κ2) is 5.07. The SMILES string of the molecule is CC1(C)CCC(NC(=O)Cn2cccc2C(=O)O)C1. The van der Waals surface area contributed by atoms with Crippen molar-refractivity contribution in [1.82, 2.24) is 9.88 Å². The van der Waals surface area contributed by atoms with Crippen LogP contribution in [0.4, 0.5) is 0 Å². The molecule has 1 amide bonds. The van der Waals surface area contributed by atoms with Crippen LogP contribution in [-0.2, 0) is 11.3 Å². The minimum absolute atomic E-state index is 0.0611. The number of carboxylic acid groups (broad SMARTS) is 1. The number of amides is 1. The first-order chi connectivity index (χ1) is 8.87. The lowest BCUT2D eigenvalue weighted by atomic mass is 9.92. The predicted octanol–water partition coefficient (Wildman–Crippen LogP) is 1.88. The van der Waals surface area contributed by atoms with Crippen LogP contribution in [0, 0.1) is 5.41 Å². The molecule has 1 atom stereocenters. The molecular formula is C14H20N2O3. The summed E-state index contributed by atoms with van der Waals surface area (Å²) in [7, 11) is 0. The van der Waals surface area contributed by atoms with Gasteiger partial charge in [-0.2, -0.15) is 0 Å². The Hall–Kier alpha value is -1.78. The number of rotatable bonds is 4. The minimum Gasteiger partial charge on any atom is -0.477 e. The molecule has 104 valence electrons. The highest BCUT2D eigenvalue weighted by atomic mass is 16.4. The maximum atomic E-state index is 11.9. The number of nitrogens with one attached hydrogen (secondary N) is 1. The molecule has 19 heavy (non-hydrogen) atoms. The maximum Gasteiger partial charge on any atom is 0.352 e. The van der Waals surface area contributed by atoms with Crippen LogP contribution in [-0.4, -0.2) is 27.6 Å². The molecular weight excluding hydrogens is 244 g/mol. The fraction of sp³-hybridized carbons (Fsp3) is 0.571. The van der Waals surface area contributed by atoms with E-state index >= 15 is 0 Å². The van der Waals surface area contributed by atoms with Crippen LogP contribution >= 0.6 is 0 Å². The number of carboxylic acids is 1. The predicted molar refractivity (Wildman–Crippen MR) is 71.0 cm³/mol. The van der Waals surface area contributed by atoms with Gasteiger partial charge in [0.25, 0.3) is 0 Å². The molecule has 5 nitrogen and oxygen atoms in total. The number of carbonyl (C=O) groups is 2. The summed E-state index contributed by atoms with van der Waals surface area (Å²) in [6, 6.07) is 3.34. The van der Waals surface area contributed by atoms with Crippen LogP contribution in [0.1, 0.15) is 43.6 Å². The summed E-state index contributed by atoms with van der Waals surface area (Å²) in [5, 5.41) is 12.0. The molecule has 0 radical (unpaired) electrons. The molecule has 1 aliphatic carbocycles. The third-order valence-electron chi connectivity index (χ3n) is 3.70.